The van der Waals surface area contributed by atoms with E-state index in [0.717, 1.165) is 0 Å². The van der Waals surface area contributed by atoms with Crippen LogP contribution in [-0.2, 0) is 18.8 Å². The van der Waals surface area contributed by atoms with Crippen LogP contribution < -0.4 is 10.4 Å². The quantitative estimate of drug-likeness (QED) is 0.340. The molecule has 7 nitrogen and oxygen atoms in total. The summed E-state index contributed by atoms with van der Waals surface area (Å²) in [5.74, 6) is -1.28. The number of nitrogens with one attached hydrogen (secondary N) is 1. The molecule has 8 heteroatoms. The second kappa shape index (κ2) is 5.97. The number of nitrogens with zero attached hydrogens (tertiary/aromatic N) is 1. The minimum absolute atomic E-state index is 0.351. The minimum Gasteiger partial charge on any atom is -0.550 e. The first kappa shape index (κ1) is 14.2. The Balaban J connectivity index is 4.24. The predicted octanol–water partition coefficient (Wildman–Crippen LogP) is -1.19. The molecule has 0 aliphatic rings. The number of carbonyl (C=O) groups excluding carboxylic acids is 1. The Morgan fingerprint density at radius 2 is 2.00 bits per heavy atom. The summed E-state index contributed by atoms with van der Waals surface area (Å²) in [6.45, 7) is 0.351. The van der Waals surface area contributed by atoms with E-state index in [1.807, 2.05) is 21.1 Å². The van der Waals surface area contributed by atoms with Crippen molar-refractivity contribution in [1.29, 1.82) is 0 Å². The first-order valence-corrected chi connectivity index (χ1v) is 5.44. The molecular weight excluding hydrogens is 223 g/mol. The summed E-state index contributed by atoms with van der Waals surface area (Å²) in [5.41, 5.74) is 0. The fourth-order valence-electron chi connectivity index (χ4n) is 1.06. The van der Waals surface area contributed by atoms with Crippen molar-refractivity contribution in [3.05, 3.63) is 0 Å². The van der Waals surface area contributed by atoms with Gasteiger partial charge in [0.15, 0.2) is 0 Å². The zero-order valence-electron chi connectivity index (χ0n) is 8.93. The third-order valence-corrected chi connectivity index (χ3v) is 1.69. The van der Waals surface area contributed by atoms with Gasteiger partial charge in [-0.3, -0.25) is 4.84 Å². The van der Waals surface area contributed by atoms with Crippen LogP contribution in [0.3, 0.4) is 0 Å². The van der Waals surface area contributed by atoms with Crippen LogP contribution in [0.4, 0.5) is 0 Å². The molecule has 0 rings (SSSR count). The second-order valence-corrected chi connectivity index (χ2v) is 4.83. The molecular formula is C7H15N2O5P. The average molecular weight is 238 g/mol. The maximum absolute atomic E-state index is 10.4. The largest absolute Gasteiger partial charge is 0.550 e. The van der Waals surface area contributed by atoms with E-state index in [4.69, 9.17) is 4.84 Å². The summed E-state index contributed by atoms with van der Waals surface area (Å²) in [6, 6.07) is 0. The monoisotopic (exact) mass is 238 g/mol. The molecule has 88 valence electrons. The molecule has 0 aliphatic carbocycles. The minimum atomic E-state index is -2.89. The molecule has 0 aromatic heterocycles. The molecule has 0 heterocycles. The number of hydrogen-bond donors (Lipinski definition) is 1. The molecule has 0 amide bonds. The molecule has 0 aromatic rings. The predicted molar refractivity (Wildman–Crippen MR) is 48.8 cm³/mol. The molecule has 0 saturated carbocycles. The highest BCUT2D eigenvalue weighted by Gasteiger charge is 2.19. The SMILES string of the molecule is C[N+](C)(C)C[C@@H](CC(=O)[O-])ONP(=O)=O. The molecule has 15 heavy (non-hydrogen) atoms. The van der Waals surface area contributed by atoms with E-state index in [1.165, 1.54) is 0 Å². The lowest BCUT2D eigenvalue weighted by Crippen LogP contribution is -2.45. The van der Waals surface area contributed by atoms with Gasteiger partial charge in [-0.15, -0.1) is 0 Å². The molecule has 0 spiro atoms. The molecule has 0 aromatic carbocycles. The molecule has 1 N–H and O–H groups in total. The van der Waals surface area contributed by atoms with Gasteiger partial charge in [-0.05, 0) is 0 Å². The molecule has 0 saturated heterocycles. The zero-order valence-corrected chi connectivity index (χ0v) is 9.82. The molecule has 0 fully saturated rings. The number of carbonyl (C=O) groups is 1. The third kappa shape index (κ3) is 9.55. The Bertz CT molecular complexity index is 276. The summed E-state index contributed by atoms with van der Waals surface area (Å²) >= 11 is 0. The number of quaternary nitrogens is 1. The van der Waals surface area contributed by atoms with Crippen molar-refractivity contribution in [2.24, 2.45) is 0 Å². The van der Waals surface area contributed by atoms with Gasteiger partial charge in [0.25, 0.3) is 0 Å². The molecule has 0 aliphatic heterocycles. The number of carboxylic acid groups (broad SMARTS) is 1. The van der Waals surface area contributed by atoms with Crippen molar-refractivity contribution < 1.29 is 28.4 Å². The summed E-state index contributed by atoms with van der Waals surface area (Å²) in [4.78, 5) is 15.1. The average Bonchev–Trinajstić information content (AvgIpc) is 1.95. The van der Waals surface area contributed by atoms with Crippen LogP contribution in [0.2, 0.25) is 0 Å². The van der Waals surface area contributed by atoms with Gasteiger partial charge in [-0.25, -0.2) is 9.13 Å². The van der Waals surface area contributed by atoms with Gasteiger partial charge in [-0.2, -0.15) is 0 Å². The van der Waals surface area contributed by atoms with E-state index in [-0.39, 0.29) is 6.42 Å². The highest BCUT2D eigenvalue weighted by molar-refractivity contribution is 7.27. The lowest BCUT2D eigenvalue weighted by molar-refractivity contribution is -0.873. The normalized spacial score (nSPS) is 13.5. The van der Waals surface area contributed by atoms with Crippen molar-refractivity contribution >= 4 is 13.8 Å². The Kier molecular flexibility index (Phi) is 5.67. The third-order valence-electron chi connectivity index (χ3n) is 1.44. The van der Waals surface area contributed by atoms with Crippen LogP contribution in [0.15, 0.2) is 0 Å². The Morgan fingerprint density at radius 3 is 2.33 bits per heavy atom. The Hall–Kier alpha value is -0.750. The van der Waals surface area contributed by atoms with Crippen LogP contribution >= 0.6 is 7.83 Å². The van der Waals surface area contributed by atoms with Crippen LogP contribution in [0.5, 0.6) is 0 Å². The number of aliphatic carboxylic acids is 1. The van der Waals surface area contributed by atoms with Crippen molar-refractivity contribution in [2.75, 3.05) is 27.7 Å². The van der Waals surface area contributed by atoms with Crippen LogP contribution in [0.25, 0.3) is 0 Å². The first-order chi connectivity index (χ1) is 6.70. The lowest BCUT2D eigenvalue weighted by atomic mass is 10.2. The van der Waals surface area contributed by atoms with E-state index in [1.54, 1.807) is 5.25 Å². The van der Waals surface area contributed by atoms with Gasteiger partial charge in [0.05, 0.1) is 21.1 Å². The van der Waals surface area contributed by atoms with Gasteiger partial charge in [0.1, 0.15) is 12.6 Å². The van der Waals surface area contributed by atoms with E-state index >= 15 is 0 Å². The highest BCUT2D eigenvalue weighted by Crippen LogP contribution is 2.05. The summed E-state index contributed by atoms with van der Waals surface area (Å²) in [6.07, 6.45) is -1.10. The standard InChI is InChI=1S/C7H15N2O5P/c1-9(2,3)5-6(4-7(10)11)14-8-15(12)13/h6H,4-5H2,1-3H3,(H-,8,10,11,12,13)/t6-/m1/s1. The summed E-state index contributed by atoms with van der Waals surface area (Å²) in [5, 5.41) is 12.1. The van der Waals surface area contributed by atoms with Crippen LogP contribution in [0, 0.1) is 0 Å². The molecule has 1 atom stereocenters. The maximum atomic E-state index is 10.4. The van der Waals surface area contributed by atoms with E-state index < -0.39 is 19.9 Å². The molecule has 0 unspecified atom stereocenters. The fraction of sp³-hybridized carbons (Fsp3) is 0.857. The van der Waals surface area contributed by atoms with E-state index in [9.17, 15) is 19.0 Å². The summed E-state index contributed by atoms with van der Waals surface area (Å²) < 4.78 is 20.8. The van der Waals surface area contributed by atoms with Crippen molar-refractivity contribution in [3.8, 4) is 0 Å². The topological polar surface area (TPSA) is 95.5 Å². The van der Waals surface area contributed by atoms with E-state index in [2.05, 4.69) is 0 Å². The van der Waals surface area contributed by atoms with Crippen molar-refractivity contribution in [2.45, 2.75) is 12.5 Å². The molecule has 0 radical (unpaired) electrons. The first-order valence-electron chi connectivity index (χ1n) is 4.26. The zero-order chi connectivity index (χ0) is 12.1. The highest BCUT2D eigenvalue weighted by atomic mass is 31.1. The van der Waals surface area contributed by atoms with Gasteiger partial charge in [0, 0.05) is 12.4 Å². The second-order valence-electron chi connectivity index (χ2n) is 4.14. The number of rotatable bonds is 7. The Labute approximate surface area is 88.4 Å². The van der Waals surface area contributed by atoms with Crippen molar-refractivity contribution in [1.82, 2.24) is 5.25 Å². The molecule has 0 bridgehead atoms. The van der Waals surface area contributed by atoms with Gasteiger partial charge >= 0.3 is 7.83 Å². The van der Waals surface area contributed by atoms with Gasteiger partial charge in [-0.1, -0.05) is 5.25 Å². The fourth-order valence-corrected chi connectivity index (χ4v) is 1.29. The number of carboxylic acids is 1. The number of likely N-dealkylation sites (N-methyl/N-ethyl adjacent to an activating group) is 1. The Morgan fingerprint density at radius 1 is 1.47 bits per heavy atom. The number of hydrogen-bond acceptors (Lipinski definition) is 5. The van der Waals surface area contributed by atoms with Gasteiger partial charge < -0.3 is 14.4 Å². The lowest BCUT2D eigenvalue weighted by Gasteiger charge is -2.28. The smallest absolute Gasteiger partial charge is 0.419 e. The van der Waals surface area contributed by atoms with E-state index in [0.29, 0.717) is 11.0 Å². The van der Waals surface area contributed by atoms with Crippen molar-refractivity contribution in [3.63, 3.8) is 0 Å². The van der Waals surface area contributed by atoms with Crippen LogP contribution in [-0.4, -0.2) is 44.2 Å². The summed E-state index contributed by atoms with van der Waals surface area (Å²) in [7, 11) is 2.62. The van der Waals surface area contributed by atoms with Gasteiger partial charge in [0.2, 0.25) is 0 Å². The maximum Gasteiger partial charge on any atom is 0.419 e. The van der Waals surface area contributed by atoms with Crippen LogP contribution in [0.1, 0.15) is 6.42 Å².